The quantitative estimate of drug-likeness (QED) is 0.195. The highest BCUT2D eigenvalue weighted by Crippen LogP contribution is 2.46. The lowest BCUT2D eigenvalue weighted by atomic mass is 9.77. The zero-order valence-corrected chi connectivity index (χ0v) is 32.5. The van der Waals surface area contributed by atoms with Crippen LogP contribution in [0.2, 0.25) is 0 Å². The van der Waals surface area contributed by atoms with Crippen molar-refractivity contribution in [3.05, 3.63) is 66.7 Å². The molecule has 0 bridgehead atoms. The first-order chi connectivity index (χ1) is 26.1. The zero-order chi connectivity index (χ0) is 39.3. The molecule has 1 aromatic heterocycles. The SMILES string of the molecule is C=CC1CC1(NC(=O)[C@@H]1C[C@@H](NC(=O)c2c3ccccc3nc3ccccc23)CN1C(=O)[C@@H](CC(=O)N1CCCCC1)C(C)(C)C)C(=O)NS(=O)(=O)C1CC1. The van der Waals surface area contributed by atoms with Crippen LogP contribution in [0, 0.1) is 17.3 Å². The van der Waals surface area contributed by atoms with E-state index in [-0.39, 0.29) is 31.7 Å². The topological polar surface area (TPSA) is 175 Å². The number of nitrogens with one attached hydrogen (secondary N) is 3. The molecule has 3 heterocycles. The van der Waals surface area contributed by atoms with E-state index in [0.29, 0.717) is 53.3 Å². The summed E-state index contributed by atoms with van der Waals surface area (Å²) in [5.41, 5.74) is -0.508. The maximum atomic E-state index is 14.8. The Balaban J connectivity index is 1.19. The van der Waals surface area contributed by atoms with E-state index in [1.165, 1.54) is 11.0 Å². The number of carbonyl (C=O) groups excluding carboxylic acids is 5. The molecule has 5 amide bonds. The van der Waals surface area contributed by atoms with Crippen molar-refractivity contribution in [3.8, 4) is 0 Å². The van der Waals surface area contributed by atoms with Gasteiger partial charge in [-0.1, -0.05) is 63.2 Å². The highest BCUT2D eigenvalue weighted by molar-refractivity contribution is 7.91. The van der Waals surface area contributed by atoms with Crippen molar-refractivity contribution in [1.29, 1.82) is 0 Å². The largest absolute Gasteiger partial charge is 0.347 e. The number of pyridine rings is 1. The van der Waals surface area contributed by atoms with Crippen LogP contribution in [0.15, 0.2) is 61.2 Å². The van der Waals surface area contributed by atoms with Crippen molar-refractivity contribution in [1.82, 2.24) is 30.1 Å². The molecule has 292 valence electrons. The highest BCUT2D eigenvalue weighted by Gasteiger charge is 2.62. The Bertz CT molecular complexity index is 2120. The van der Waals surface area contributed by atoms with Gasteiger partial charge in [-0.2, -0.15) is 0 Å². The first-order valence-corrected chi connectivity index (χ1v) is 20.8. The predicted molar refractivity (Wildman–Crippen MR) is 208 cm³/mol. The van der Waals surface area contributed by atoms with Crippen molar-refractivity contribution in [3.63, 3.8) is 0 Å². The van der Waals surface area contributed by atoms with Crippen LogP contribution in [0.3, 0.4) is 0 Å². The number of hydrogen-bond donors (Lipinski definition) is 3. The molecule has 2 aliphatic carbocycles. The van der Waals surface area contributed by atoms with Crippen LogP contribution in [-0.2, 0) is 29.2 Å². The summed E-state index contributed by atoms with van der Waals surface area (Å²) in [5.74, 6) is -3.71. The van der Waals surface area contributed by atoms with Gasteiger partial charge in [0.25, 0.3) is 11.8 Å². The number of benzene rings is 2. The van der Waals surface area contributed by atoms with Crippen molar-refractivity contribution in [2.75, 3.05) is 19.6 Å². The molecule has 2 saturated carbocycles. The van der Waals surface area contributed by atoms with E-state index < -0.39 is 73.8 Å². The minimum absolute atomic E-state index is 0.0196. The predicted octanol–water partition coefficient (Wildman–Crippen LogP) is 3.82. The molecule has 55 heavy (non-hydrogen) atoms. The summed E-state index contributed by atoms with van der Waals surface area (Å²) in [5, 5.41) is 6.59. The number of nitrogens with zero attached hydrogens (tertiary/aromatic N) is 3. The first kappa shape index (κ1) is 38.4. The Kier molecular flexibility index (Phi) is 10.2. The summed E-state index contributed by atoms with van der Waals surface area (Å²) in [6, 6.07) is 12.9. The molecular weight excluding hydrogens is 721 g/mol. The average molecular weight is 771 g/mol. The van der Waals surface area contributed by atoms with Crippen molar-refractivity contribution < 1.29 is 32.4 Å². The minimum atomic E-state index is -3.91. The summed E-state index contributed by atoms with van der Waals surface area (Å²) in [7, 11) is -3.91. The average Bonchev–Trinajstić information content (AvgIpc) is 4.09. The second-order valence-electron chi connectivity index (χ2n) is 16.7. The molecule has 4 aliphatic rings. The van der Waals surface area contributed by atoms with Crippen LogP contribution in [0.1, 0.15) is 82.5 Å². The third kappa shape index (κ3) is 7.70. The van der Waals surface area contributed by atoms with Gasteiger partial charge in [-0.15, -0.1) is 6.58 Å². The Morgan fingerprint density at radius 3 is 2.15 bits per heavy atom. The van der Waals surface area contributed by atoms with Gasteiger partial charge in [-0.3, -0.25) is 28.7 Å². The molecule has 14 heteroatoms. The van der Waals surface area contributed by atoms with Crippen molar-refractivity contribution in [2.24, 2.45) is 17.3 Å². The van der Waals surface area contributed by atoms with Gasteiger partial charge in [0.2, 0.25) is 27.7 Å². The van der Waals surface area contributed by atoms with Gasteiger partial charge in [-0.05, 0) is 62.5 Å². The lowest BCUT2D eigenvalue weighted by Crippen LogP contribution is -2.57. The van der Waals surface area contributed by atoms with E-state index in [0.717, 1.165) is 19.3 Å². The molecule has 3 N–H and O–H groups in total. The molecule has 4 fully saturated rings. The Morgan fingerprint density at radius 1 is 0.964 bits per heavy atom. The smallest absolute Gasteiger partial charge is 0.259 e. The van der Waals surface area contributed by atoms with Crippen LogP contribution < -0.4 is 15.4 Å². The Labute approximate surface area is 321 Å². The van der Waals surface area contributed by atoms with Crippen LogP contribution in [0.4, 0.5) is 0 Å². The number of carbonyl (C=O) groups is 5. The maximum Gasteiger partial charge on any atom is 0.259 e. The molecule has 2 aromatic carbocycles. The summed E-state index contributed by atoms with van der Waals surface area (Å²) in [6.45, 7) is 10.7. The van der Waals surface area contributed by atoms with E-state index >= 15 is 0 Å². The van der Waals surface area contributed by atoms with Gasteiger partial charge in [0.05, 0.1) is 27.8 Å². The Morgan fingerprint density at radius 2 is 1.58 bits per heavy atom. The molecule has 5 atom stereocenters. The second-order valence-corrected chi connectivity index (χ2v) is 18.6. The van der Waals surface area contributed by atoms with Gasteiger partial charge >= 0.3 is 0 Å². The number of rotatable bonds is 11. The van der Waals surface area contributed by atoms with Gasteiger partial charge in [0, 0.05) is 48.8 Å². The normalized spacial score (nSPS) is 24.6. The first-order valence-electron chi connectivity index (χ1n) is 19.3. The van der Waals surface area contributed by atoms with Gasteiger partial charge in [-0.25, -0.2) is 13.4 Å². The zero-order valence-electron chi connectivity index (χ0n) is 31.7. The molecule has 2 unspecified atom stereocenters. The van der Waals surface area contributed by atoms with Crippen molar-refractivity contribution >= 4 is 61.4 Å². The summed E-state index contributed by atoms with van der Waals surface area (Å²) < 4.78 is 27.7. The number of sulfonamides is 1. The number of amides is 5. The van der Waals surface area contributed by atoms with Gasteiger partial charge < -0.3 is 20.4 Å². The van der Waals surface area contributed by atoms with Crippen LogP contribution >= 0.6 is 0 Å². The van der Waals surface area contributed by atoms with Crippen LogP contribution in [-0.4, -0.2) is 95.2 Å². The molecule has 2 aliphatic heterocycles. The van der Waals surface area contributed by atoms with E-state index in [1.807, 2.05) is 69.3 Å². The maximum absolute atomic E-state index is 14.8. The van der Waals surface area contributed by atoms with E-state index in [1.54, 1.807) is 4.90 Å². The molecule has 2 saturated heterocycles. The van der Waals surface area contributed by atoms with E-state index in [2.05, 4.69) is 21.9 Å². The van der Waals surface area contributed by atoms with Crippen LogP contribution in [0.25, 0.3) is 21.8 Å². The summed E-state index contributed by atoms with van der Waals surface area (Å²) in [4.78, 5) is 78.6. The van der Waals surface area contributed by atoms with E-state index in [9.17, 15) is 32.4 Å². The monoisotopic (exact) mass is 770 g/mol. The molecule has 0 radical (unpaired) electrons. The second kappa shape index (κ2) is 14.7. The third-order valence-corrected chi connectivity index (χ3v) is 13.5. The van der Waals surface area contributed by atoms with Gasteiger partial charge in [0.1, 0.15) is 11.6 Å². The fourth-order valence-electron chi connectivity index (χ4n) is 8.21. The summed E-state index contributed by atoms with van der Waals surface area (Å²) in [6.07, 6.45) is 5.41. The molecular formula is C41H50N6O7S. The van der Waals surface area contributed by atoms with Crippen LogP contribution in [0.5, 0.6) is 0 Å². The standard InChI is InChI=1S/C41H50N6O7S/c1-5-25-23-41(25,39(52)45-55(53,54)27-17-18-27)44-36(49)33-21-26(24-47(33)38(51)30(40(2,3)4)22-34(48)46-19-11-6-12-20-46)42-37(50)35-28-13-7-9-15-31(28)43-32-16-10-8-14-29(32)35/h5,7-10,13-16,25-27,30,33H,1,6,11-12,17-24H2,2-4H3,(H,42,50)(H,44,49)(H,45,52)/t25?,26-,30-,33+,41?/m1/s1. The lowest BCUT2D eigenvalue weighted by Gasteiger charge is -2.36. The van der Waals surface area contributed by atoms with Crippen molar-refractivity contribution in [2.45, 2.75) is 95.0 Å². The Hall–Kier alpha value is -4.85. The highest BCUT2D eigenvalue weighted by atomic mass is 32.2. The molecule has 7 rings (SSSR count). The molecule has 13 nitrogen and oxygen atoms in total. The lowest BCUT2D eigenvalue weighted by molar-refractivity contribution is -0.148. The minimum Gasteiger partial charge on any atom is -0.347 e. The fraction of sp³-hybridized carbons (Fsp3) is 0.512. The van der Waals surface area contributed by atoms with E-state index in [4.69, 9.17) is 4.98 Å². The summed E-state index contributed by atoms with van der Waals surface area (Å²) >= 11 is 0. The molecule has 0 spiro atoms. The number of para-hydroxylation sites is 2. The number of aromatic nitrogens is 1. The number of hydrogen-bond acceptors (Lipinski definition) is 8. The van der Waals surface area contributed by atoms with Gasteiger partial charge in [0.15, 0.2) is 0 Å². The molecule has 3 aromatic rings. The number of fused-ring (bicyclic) bond motifs is 2. The number of likely N-dealkylation sites (tertiary alicyclic amines) is 2. The number of piperidine rings is 1. The third-order valence-electron chi connectivity index (χ3n) is 11.7. The fourth-order valence-corrected chi connectivity index (χ4v) is 9.57.